The highest BCUT2D eigenvalue weighted by molar-refractivity contribution is 5.46. The van der Waals surface area contributed by atoms with Crippen LogP contribution in [0.5, 0.6) is 5.75 Å². The summed E-state index contributed by atoms with van der Waals surface area (Å²) >= 11 is 0. The molecule has 4 rings (SSSR count). The molecule has 3 aromatic carbocycles. The summed E-state index contributed by atoms with van der Waals surface area (Å²) < 4.78 is 44.7. The van der Waals surface area contributed by atoms with Gasteiger partial charge in [-0.25, -0.2) is 0 Å². The molecular formula is C30H36F3N3O2. The molecule has 0 radical (unpaired) electrons. The first-order valence-electron chi connectivity index (χ1n) is 13.1. The van der Waals surface area contributed by atoms with Crippen LogP contribution in [0.1, 0.15) is 29.7 Å². The molecule has 204 valence electrons. The summed E-state index contributed by atoms with van der Waals surface area (Å²) in [6.07, 6.45) is -4.72. The molecule has 8 heteroatoms. The van der Waals surface area contributed by atoms with E-state index >= 15 is 0 Å². The summed E-state index contributed by atoms with van der Waals surface area (Å²) in [7, 11) is 0. The van der Waals surface area contributed by atoms with E-state index in [1.807, 2.05) is 37.3 Å². The van der Waals surface area contributed by atoms with E-state index in [0.717, 1.165) is 62.6 Å². The zero-order chi connectivity index (χ0) is 27.0. The van der Waals surface area contributed by atoms with Crippen molar-refractivity contribution in [2.24, 2.45) is 0 Å². The van der Waals surface area contributed by atoms with Crippen molar-refractivity contribution in [3.8, 4) is 5.75 Å². The number of hydrogen-bond donors (Lipinski definition) is 2. The van der Waals surface area contributed by atoms with E-state index in [9.17, 15) is 18.3 Å². The van der Waals surface area contributed by atoms with Crippen LogP contribution in [-0.2, 0) is 12.6 Å². The third-order valence-corrected chi connectivity index (χ3v) is 6.89. The first kappa shape index (κ1) is 28.0. The number of nitrogens with one attached hydrogen (secondary N) is 1. The van der Waals surface area contributed by atoms with E-state index in [0.29, 0.717) is 6.61 Å². The fourth-order valence-corrected chi connectivity index (χ4v) is 4.66. The van der Waals surface area contributed by atoms with Crippen molar-refractivity contribution in [1.82, 2.24) is 10.2 Å². The van der Waals surface area contributed by atoms with Gasteiger partial charge in [0.05, 0.1) is 11.7 Å². The maximum absolute atomic E-state index is 12.9. The number of piperazine rings is 1. The normalized spacial score (nSPS) is 16.3. The molecule has 0 aliphatic carbocycles. The number of halogens is 3. The summed E-state index contributed by atoms with van der Waals surface area (Å²) in [5.74, 6) is 0.831. The van der Waals surface area contributed by atoms with Crippen molar-refractivity contribution in [2.75, 3.05) is 50.8 Å². The average molecular weight is 528 g/mol. The quantitative estimate of drug-likeness (QED) is 0.361. The highest BCUT2D eigenvalue weighted by Crippen LogP contribution is 2.30. The minimum Gasteiger partial charge on any atom is -0.492 e. The lowest BCUT2D eigenvalue weighted by molar-refractivity contribution is -0.137. The Morgan fingerprint density at radius 1 is 0.921 bits per heavy atom. The van der Waals surface area contributed by atoms with Crippen LogP contribution in [0.3, 0.4) is 0 Å². The van der Waals surface area contributed by atoms with Gasteiger partial charge >= 0.3 is 6.18 Å². The molecule has 0 bridgehead atoms. The molecule has 3 aromatic rings. The standard InChI is InChI=1S/C30H36F3N3O2/c1-23(34-22-29(37)25-6-5-7-26(21-25)30(31,32)33)20-24-10-12-28(13-11-24)38-19-18-35-14-16-36(17-15-35)27-8-3-2-4-9-27/h2-13,21,23,29,34,37H,14-20,22H2,1H3. The Bertz CT molecular complexity index is 1120. The lowest BCUT2D eigenvalue weighted by atomic mass is 10.0. The third-order valence-electron chi connectivity index (χ3n) is 6.89. The van der Waals surface area contributed by atoms with Gasteiger partial charge in [0.1, 0.15) is 12.4 Å². The van der Waals surface area contributed by atoms with Crippen LogP contribution in [0.25, 0.3) is 0 Å². The average Bonchev–Trinajstić information content (AvgIpc) is 2.93. The maximum Gasteiger partial charge on any atom is 0.416 e. The number of aliphatic hydroxyl groups excluding tert-OH is 1. The Morgan fingerprint density at radius 2 is 1.63 bits per heavy atom. The Labute approximate surface area is 222 Å². The molecule has 0 aromatic heterocycles. The van der Waals surface area contributed by atoms with Gasteiger partial charge in [-0.15, -0.1) is 0 Å². The van der Waals surface area contributed by atoms with Crippen molar-refractivity contribution < 1.29 is 23.0 Å². The fraction of sp³-hybridized carbons (Fsp3) is 0.400. The number of anilines is 1. The van der Waals surface area contributed by atoms with Gasteiger partial charge in [-0.2, -0.15) is 13.2 Å². The van der Waals surface area contributed by atoms with Crippen LogP contribution in [0.4, 0.5) is 18.9 Å². The second kappa shape index (κ2) is 13.1. The van der Waals surface area contributed by atoms with Crippen LogP contribution < -0.4 is 15.0 Å². The largest absolute Gasteiger partial charge is 0.492 e. The minimum absolute atomic E-state index is 0.0387. The van der Waals surface area contributed by atoms with Gasteiger partial charge in [0.15, 0.2) is 0 Å². The van der Waals surface area contributed by atoms with Crippen molar-refractivity contribution >= 4 is 5.69 Å². The van der Waals surface area contributed by atoms with Gasteiger partial charge < -0.3 is 20.1 Å². The van der Waals surface area contributed by atoms with Crippen molar-refractivity contribution in [2.45, 2.75) is 31.7 Å². The zero-order valence-electron chi connectivity index (χ0n) is 21.7. The Hall–Kier alpha value is -3.07. The van der Waals surface area contributed by atoms with Gasteiger partial charge in [0, 0.05) is 51.0 Å². The molecule has 1 fully saturated rings. The highest BCUT2D eigenvalue weighted by atomic mass is 19.4. The summed E-state index contributed by atoms with van der Waals surface area (Å²) in [5.41, 5.74) is 1.89. The van der Waals surface area contributed by atoms with E-state index in [4.69, 9.17) is 4.74 Å². The van der Waals surface area contributed by atoms with Crippen LogP contribution >= 0.6 is 0 Å². The molecular weight excluding hydrogens is 491 g/mol. The van der Waals surface area contributed by atoms with E-state index in [-0.39, 0.29) is 18.2 Å². The second-order valence-electron chi connectivity index (χ2n) is 9.81. The molecule has 1 aliphatic heterocycles. The van der Waals surface area contributed by atoms with Crippen LogP contribution in [0.2, 0.25) is 0 Å². The lowest BCUT2D eigenvalue weighted by Gasteiger charge is -2.36. The number of benzene rings is 3. The first-order valence-corrected chi connectivity index (χ1v) is 13.1. The lowest BCUT2D eigenvalue weighted by Crippen LogP contribution is -2.47. The van der Waals surface area contributed by atoms with E-state index < -0.39 is 17.8 Å². The van der Waals surface area contributed by atoms with E-state index in [1.54, 1.807) is 0 Å². The molecule has 38 heavy (non-hydrogen) atoms. The highest BCUT2D eigenvalue weighted by Gasteiger charge is 2.30. The van der Waals surface area contributed by atoms with Gasteiger partial charge in [-0.3, -0.25) is 4.90 Å². The number of alkyl halides is 3. The molecule has 2 N–H and O–H groups in total. The van der Waals surface area contributed by atoms with Gasteiger partial charge in [0.2, 0.25) is 0 Å². The number of para-hydroxylation sites is 1. The second-order valence-corrected chi connectivity index (χ2v) is 9.81. The summed E-state index contributed by atoms with van der Waals surface area (Å²) in [6.45, 7) is 7.75. The van der Waals surface area contributed by atoms with Crippen LogP contribution in [0.15, 0.2) is 78.9 Å². The molecule has 5 nitrogen and oxygen atoms in total. The molecule has 0 amide bonds. The molecule has 2 atom stereocenters. The molecule has 0 spiro atoms. The predicted molar refractivity (Wildman–Crippen MR) is 145 cm³/mol. The Morgan fingerprint density at radius 3 is 2.32 bits per heavy atom. The summed E-state index contributed by atoms with van der Waals surface area (Å²) in [4.78, 5) is 4.84. The summed E-state index contributed by atoms with van der Waals surface area (Å²) in [6, 6.07) is 23.4. The molecule has 2 unspecified atom stereocenters. The van der Waals surface area contributed by atoms with Crippen LogP contribution in [0, 0.1) is 0 Å². The van der Waals surface area contributed by atoms with Crippen molar-refractivity contribution in [3.05, 3.63) is 95.6 Å². The van der Waals surface area contributed by atoms with Gasteiger partial charge in [0.25, 0.3) is 0 Å². The van der Waals surface area contributed by atoms with Crippen LogP contribution in [-0.4, -0.2) is 61.9 Å². The molecule has 0 saturated carbocycles. The SMILES string of the molecule is CC(Cc1ccc(OCCN2CCN(c3ccccc3)CC2)cc1)NCC(O)c1cccc(C(F)(F)F)c1. The number of rotatable bonds is 11. The first-order chi connectivity index (χ1) is 18.3. The van der Waals surface area contributed by atoms with Gasteiger partial charge in [-0.05, 0) is 60.9 Å². The minimum atomic E-state index is -4.43. The Balaban J connectivity index is 1.14. The number of aliphatic hydroxyl groups is 1. The van der Waals surface area contributed by atoms with Crippen molar-refractivity contribution in [1.29, 1.82) is 0 Å². The molecule has 1 aliphatic rings. The maximum atomic E-state index is 12.9. The summed E-state index contributed by atoms with van der Waals surface area (Å²) in [5, 5.41) is 13.6. The fourth-order valence-electron chi connectivity index (χ4n) is 4.66. The molecule has 1 heterocycles. The van der Waals surface area contributed by atoms with E-state index in [2.05, 4.69) is 39.4 Å². The molecule has 1 saturated heterocycles. The van der Waals surface area contributed by atoms with Gasteiger partial charge in [-0.1, -0.05) is 42.5 Å². The van der Waals surface area contributed by atoms with Crippen molar-refractivity contribution in [3.63, 3.8) is 0 Å². The zero-order valence-corrected chi connectivity index (χ0v) is 21.7. The Kier molecular flexibility index (Phi) is 9.66. The number of hydrogen-bond acceptors (Lipinski definition) is 5. The predicted octanol–water partition coefficient (Wildman–Crippen LogP) is 5.16. The van der Waals surface area contributed by atoms with E-state index in [1.165, 1.54) is 17.8 Å². The third kappa shape index (κ3) is 8.21. The monoisotopic (exact) mass is 527 g/mol. The topological polar surface area (TPSA) is 48.0 Å². The number of ether oxygens (including phenoxy) is 1. The number of nitrogens with zero attached hydrogens (tertiary/aromatic N) is 2. The smallest absolute Gasteiger partial charge is 0.416 e.